The van der Waals surface area contributed by atoms with Gasteiger partial charge in [-0.2, -0.15) is 23.1 Å². The molecular weight excluding hydrogens is 591 g/mol. The van der Waals surface area contributed by atoms with E-state index in [-0.39, 0.29) is 60.4 Å². The van der Waals surface area contributed by atoms with E-state index in [9.17, 15) is 18.0 Å². The normalized spacial score (nSPS) is 19.3. The topological polar surface area (TPSA) is 89.5 Å². The third-order valence-corrected chi connectivity index (χ3v) is 8.23. The van der Waals surface area contributed by atoms with Gasteiger partial charge >= 0.3 is 12.2 Å². The number of methoxy groups -OCH3 is 3. The molecule has 2 fully saturated rings. The Hall–Kier alpha value is -3.94. The molecule has 2 aliphatic heterocycles. The summed E-state index contributed by atoms with van der Waals surface area (Å²) in [5.74, 6) is -0.283. The number of hydrogen-bond acceptors (Lipinski definition) is 9. The van der Waals surface area contributed by atoms with Crippen molar-refractivity contribution in [3.8, 4) is 17.8 Å². The van der Waals surface area contributed by atoms with Gasteiger partial charge in [-0.25, -0.2) is 0 Å². The minimum atomic E-state index is -4.57. The van der Waals surface area contributed by atoms with Gasteiger partial charge in [-0.15, -0.1) is 0 Å². The van der Waals surface area contributed by atoms with Crippen LogP contribution < -0.4 is 14.2 Å². The first-order chi connectivity index (χ1) is 21.7. The Labute approximate surface area is 260 Å². The molecule has 5 rings (SSSR count). The van der Waals surface area contributed by atoms with Crippen LogP contribution >= 0.6 is 0 Å². The van der Waals surface area contributed by atoms with E-state index < -0.39 is 12.8 Å². The fourth-order valence-electron chi connectivity index (χ4n) is 6.35. The molecule has 2 atom stereocenters. The third kappa shape index (κ3) is 7.84. The van der Waals surface area contributed by atoms with Crippen molar-refractivity contribution >= 4 is 5.91 Å². The fraction of sp³-hybridized carbons (Fsp3) is 0.469. The van der Waals surface area contributed by atoms with Crippen molar-refractivity contribution in [3.63, 3.8) is 0 Å². The van der Waals surface area contributed by atoms with Crippen LogP contribution in [0, 0.1) is 0 Å². The van der Waals surface area contributed by atoms with Gasteiger partial charge in [0.2, 0.25) is 17.7 Å². The minimum absolute atomic E-state index is 0.00317. The molecule has 0 aliphatic carbocycles. The Morgan fingerprint density at radius 3 is 2.11 bits per heavy atom. The highest BCUT2D eigenvalue weighted by atomic mass is 19.4. The lowest BCUT2D eigenvalue weighted by atomic mass is 9.81. The van der Waals surface area contributed by atoms with Crippen molar-refractivity contribution in [2.75, 3.05) is 67.3 Å². The lowest BCUT2D eigenvalue weighted by Crippen LogP contribution is -2.67. The van der Waals surface area contributed by atoms with Crippen molar-refractivity contribution in [1.82, 2.24) is 24.7 Å². The van der Waals surface area contributed by atoms with Gasteiger partial charge in [-0.1, -0.05) is 60.7 Å². The molecule has 0 saturated carbocycles. The number of alkyl halides is 3. The van der Waals surface area contributed by atoms with Crippen LogP contribution in [0.25, 0.3) is 0 Å². The van der Waals surface area contributed by atoms with E-state index >= 15 is 0 Å². The zero-order chi connectivity index (χ0) is 32.0. The highest BCUT2D eigenvalue weighted by molar-refractivity contribution is 5.77. The zero-order valence-corrected chi connectivity index (χ0v) is 25.6. The second kappa shape index (κ2) is 14.4. The minimum Gasteiger partial charge on any atom is -0.481 e. The van der Waals surface area contributed by atoms with E-state index in [2.05, 4.69) is 44.0 Å². The predicted octanol–water partition coefficient (Wildman–Crippen LogP) is 3.61. The van der Waals surface area contributed by atoms with Crippen LogP contribution in [0.3, 0.4) is 0 Å². The number of hydrogen-bond donors (Lipinski definition) is 0. The molecule has 3 aromatic rings. The average molecular weight is 630 g/mol. The zero-order valence-electron chi connectivity index (χ0n) is 25.6. The van der Waals surface area contributed by atoms with Gasteiger partial charge in [-0.3, -0.25) is 14.6 Å². The third-order valence-electron chi connectivity index (χ3n) is 8.23. The number of aromatic nitrogens is 2. The number of nitrogens with zero attached hydrogens (tertiary/aromatic N) is 5. The van der Waals surface area contributed by atoms with Gasteiger partial charge in [0.25, 0.3) is 0 Å². The Morgan fingerprint density at radius 2 is 1.53 bits per heavy atom. The molecule has 1 aromatic heterocycles. The number of halogens is 3. The Morgan fingerprint density at radius 1 is 0.889 bits per heavy atom. The molecule has 45 heavy (non-hydrogen) atoms. The molecule has 0 N–H and O–H groups in total. The second-order valence-electron chi connectivity index (χ2n) is 11.1. The molecule has 13 heteroatoms. The van der Waals surface area contributed by atoms with Gasteiger partial charge in [0.15, 0.2) is 6.61 Å². The summed E-state index contributed by atoms with van der Waals surface area (Å²) in [4.78, 5) is 27.7. The van der Waals surface area contributed by atoms with Crippen molar-refractivity contribution in [2.45, 2.75) is 30.7 Å². The molecule has 242 valence electrons. The number of piperazine rings is 2. The number of carbonyl (C=O) groups excluding carboxylic acids is 1. The summed E-state index contributed by atoms with van der Waals surface area (Å²) in [6.45, 7) is 1.47. The number of benzene rings is 2. The second-order valence-corrected chi connectivity index (χ2v) is 11.1. The first-order valence-corrected chi connectivity index (χ1v) is 14.7. The van der Waals surface area contributed by atoms with E-state index in [1.54, 1.807) is 0 Å². The molecule has 2 aliphatic rings. The van der Waals surface area contributed by atoms with Crippen LogP contribution in [0.4, 0.5) is 13.2 Å². The van der Waals surface area contributed by atoms with Crippen molar-refractivity contribution in [1.29, 1.82) is 0 Å². The summed E-state index contributed by atoms with van der Waals surface area (Å²) in [6.07, 6.45) is -4.57. The lowest BCUT2D eigenvalue weighted by molar-refractivity contribution is -0.154. The molecule has 1 amide bonds. The Balaban J connectivity index is 1.53. The number of fused-ring (bicyclic) bond motifs is 1. The summed E-state index contributed by atoms with van der Waals surface area (Å²) < 4.78 is 60.6. The largest absolute Gasteiger partial charge is 0.481 e. The smallest absolute Gasteiger partial charge is 0.422 e. The van der Waals surface area contributed by atoms with Crippen LogP contribution in [-0.2, 0) is 16.1 Å². The van der Waals surface area contributed by atoms with Crippen molar-refractivity contribution < 1.29 is 36.9 Å². The van der Waals surface area contributed by atoms with Crippen LogP contribution in [0.1, 0.15) is 22.6 Å². The van der Waals surface area contributed by atoms with Crippen LogP contribution in [0.5, 0.6) is 17.8 Å². The highest BCUT2D eigenvalue weighted by Crippen LogP contribution is 2.37. The molecule has 10 nitrogen and oxygen atoms in total. The van der Waals surface area contributed by atoms with E-state index in [1.807, 2.05) is 41.3 Å². The maximum atomic E-state index is 13.2. The van der Waals surface area contributed by atoms with Gasteiger partial charge in [0.05, 0.1) is 19.8 Å². The van der Waals surface area contributed by atoms with Crippen molar-refractivity contribution in [2.24, 2.45) is 0 Å². The molecule has 3 heterocycles. The summed E-state index contributed by atoms with van der Waals surface area (Å²) >= 11 is 0. The highest BCUT2D eigenvalue weighted by Gasteiger charge is 2.43. The number of carbonyl (C=O) groups is 1. The SMILES string of the molecule is COCC(=O)N1CCN2C(C(c3ccccc3)c3ccccc3)CN(Cc3c(OC)nc(OC)nc3OCC(F)(F)F)C[C@@H]2C1. The van der Waals surface area contributed by atoms with E-state index in [1.165, 1.54) is 21.3 Å². The predicted molar refractivity (Wildman–Crippen MR) is 159 cm³/mol. The summed E-state index contributed by atoms with van der Waals surface area (Å²) in [7, 11) is 4.21. The fourth-order valence-corrected chi connectivity index (χ4v) is 6.35. The standard InChI is InChI=1S/C32H38F3N5O5/c1-42-20-27(41)39-14-15-40-24(17-39)16-38(18-25-29(43-2)36-31(44-3)37-30(25)45-21-32(33,34)35)19-26(40)28(22-10-6-4-7-11-22)23-12-8-5-9-13-23/h4-13,24,26,28H,14-21H2,1-3H3/t24-,26?/m1/s1. The molecular formula is C32H38F3N5O5. The van der Waals surface area contributed by atoms with Crippen LogP contribution in [-0.4, -0.2) is 116 Å². The van der Waals surface area contributed by atoms with E-state index in [4.69, 9.17) is 18.9 Å². The molecule has 0 radical (unpaired) electrons. The molecule has 0 spiro atoms. The Bertz CT molecular complexity index is 1380. The molecule has 1 unspecified atom stereocenters. The van der Waals surface area contributed by atoms with Gasteiger partial charge < -0.3 is 23.8 Å². The van der Waals surface area contributed by atoms with Gasteiger partial charge in [-0.05, 0) is 11.1 Å². The molecule has 2 aromatic carbocycles. The van der Waals surface area contributed by atoms with Gasteiger partial charge in [0, 0.05) is 64.4 Å². The van der Waals surface area contributed by atoms with Gasteiger partial charge in [0.1, 0.15) is 6.61 Å². The van der Waals surface area contributed by atoms with Crippen LogP contribution in [0.2, 0.25) is 0 Å². The average Bonchev–Trinajstić information content (AvgIpc) is 3.04. The van der Waals surface area contributed by atoms with E-state index in [0.29, 0.717) is 32.7 Å². The van der Waals surface area contributed by atoms with E-state index in [0.717, 1.165) is 11.1 Å². The number of rotatable bonds is 11. The monoisotopic (exact) mass is 629 g/mol. The summed E-state index contributed by atoms with van der Waals surface area (Å²) in [5, 5.41) is 0. The summed E-state index contributed by atoms with van der Waals surface area (Å²) in [6, 6.07) is 20.3. The molecule has 0 bridgehead atoms. The number of amides is 1. The Kier molecular flexibility index (Phi) is 10.4. The molecule has 2 saturated heterocycles. The number of ether oxygens (including phenoxy) is 4. The lowest BCUT2D eigenvalue weighted by Gasteiger charge is -2.53. The first-order valence-electron chi connectivity index (χ1n) is 14.7. The van der Waals surface area contributed by atoms with Crippen molar-refractivity contribution in [3.05, 3.63) is 77.4 Å². The van der Waals surface area contributed by atoms with Crippen LogP contribution in [0.15, 0.2) is 60.7 Å². The maximum absolute atomic E-state index is 13.2. The first kappa shape index (κ1) is 32.5. The summed E-state index contributed by atoms with van der Waals surface area (Å²) in [5.41, 5.74) is 2.58. The maximum Gasteiger partial charge on any atom is 0.422 e. The quantitative estimate of drug-likeness (QED) is 0.316.